The molecule has 0 aliphatic carbocycles. The number of anilines is 2. The van der Waals surface area contributed by atoms with Crippen LogP contribution in [0.15, 0.2) is 41.0 Å². The van der Waals surface area contributed by atoms with Gasteiger partial charge in [-0.1, -0.05) is 6.92 Å². The van der Waals surface area contributed by atoms with Crippen molar-refractivity contribution in [2.45, 2.75) is 19.1 Å². The molecule has 0 fully saturated rings. The quantitative estimate of drug-likeness (QED) is 0.762. The first-order chi connectivity index (χ1) is 12.3. The molecule has 1 heterocycles. The van der Waals surface area contributed by atoms with Crippen LogP contribution in [0.1, 0.15) is 24.4 Å². The van der Waals surface area contributed by atoms with E-state index in [1.165, 1.54) is 39.4 Å². The Hall–Kier alpha value is -2.81. The maximum Gasteiger partial charge on any atom is 0.291 e. The number of hydrogen-bond donors (Lipinski definition) is 2. The molecule has 140 valence electrons. The van der Waals surface area contributed by atoms with Gasteiger partial charge in [-0.2, -0.15) is 0 Å². The lowest BCUT2D eigenvalue weighted by Crippen LogP contribution is -2.33. The van der Waals surface area contributed by atoms with Gasteiger partial charge in [0, 0.05) is 11.4 Å². The molecule has 0 aliphatic rings. The second-order valence-electron chi connectivity index (χ2n) is 5.43. The van der Waals surface area contributed by atoms with Crippen LogP contribution >= 0.6 is 0 Å². The van der Waals surface area contributed by atoms with E-state index in [1.807, 2.05) is 0 Å². The molecule has 0 bridgehead atoms. The summed E-state index contributed by atoms with van der Waals surface area (Å²) >= 11 is 0. The number of carbonyl (C=O) groups is 2. The lowest BCUT2D eigenvalue weighted by molar-refractivity contribution is -0.115. The number of ether oxygens (including phenoxy) is 1. The highest BCUT2D eigenvalue weighted by molar-refractivity contribution is 7.92. The van der Waals surface area contributed by atoms with Crippen LogP contribution in [0.3, 0.4) is 0 Å². The van der Waals surface area contributed by atoms with Gasteiger partial charge in [0.25, 0.3) is 5.91 Å². The highest BCUT2D eigenvalue weighted by atomic mass is 32.2. The topological polar surface area (TPSA) is 115 Å². The molecule has 2 N–H and O–H groups in total. The summed E-state index contributed by atoms with van der Waals surface area (Å²) in [5.74, 6) is -0.783. The van der Waals surface area contributed by atoms with E-state index in [1.54, 1.807) is 18.2 Å². The standard InChI is InChI=1S/C17H20N2O6S/c1-4-26(22,23)11(2)16(20)18-12-7-8-14(24-3)13(10-12)19-17(21)15-6-5-9-25-15/h5-11H,4H2,1-3H3,(H,18,20)(H,19,21)/t11-/m0/s1. The molecule has 26 heavy (non-hydrogen) atoms. The average Bonchev–Trinajstić information content (AvgIpc) is 3.16. The Morgan fingerprint density at radius 1 is 1.23 bits per heavy atom. The summed E-state index contributed by atoms with van der Waals surface area (Å²) in [6, 6.07) is 7.66. The highest BCUT2D eigenvalue weighted by Gasteiger charge is 2.26. The van der Waals surface area contributed by atoms with Crippen molar-refractivity contribution >= 4 is 33.0 Å². The summed E-state index contributed by atoms with van der Waals surface area (Å²) in [6.45, 7) is 2.81. The molecule has 2 aromatic rings. The molecule has 0 saturated carbocycles. The van der Waals surface area contributed by atoms with E-state index in [-0.39, 0.29) is 11.5 Å². The van der Waals surface area contributed by atoms with Crippen LogP contribution in [0.4, 0.5) is 11.4 Å². The predicted octanol–water partition coefficient (Wildman–Crippen LogP) is 2.30. The van der Waals surface area contributed by atoms with Crippen molar-refractivity contribution in [3.8, 4) is 5.75 Å². The fourth-order valence-corrected chi connectivity index (χ4v) is 3.02. The van der Waals surface area contributed by atoms with Crippen molar-refractivity contribution in [1.82, 2.24) is 0 Å². The normalized spacial score (nSPS) is 12.3. The largest absolute Gasteiger partial charge is 0.495 e. The van der Waals surface area contributed by atoms with Crippen LogP contribution in [0.2, 0.25) is 0 Å². The predicted molar refractivity (Wildman–Crippen MR) is 97.2 cm³/mol. The molecule has 1 aromatic carbocycles. The molecule has 0 saturated heterocycles. The maximum atomic E-state index is 12.2. The summed E-state index contributed by atoms with van der Waals surface area (Å²) in [5.41, 5.74) is 0.626. The van der Waals surface area contributed by atoms with E-state index in [0.29, 0.717) is 17.1 Å². The Labute approximate surface area is 151 Å². The first-order valence-electron chi connectivity index (χ1n) is 7.83. The lowest BCUT2D eigenvalue weighted by atomic mass is 10.2. The second kappa shape index (κ2) is 8.05. The molecule has 2 amide bonds. The third-order valence-corrected chi connectivity index (χ3v) is 5.87. The zero-order valence-corrected chi connectivity index (χ0v) is 15.4. The van der Waals surface area contributed by atoms with E-state index in [2.05, 4.69) is 10.6 Å². The van der Waals surface area contributed by atoms with Crippen LogP contribution in [0, 0.1) is 0 Å². The van der Waals surface area contributed by atoms with Gasteiger partial charge in [0.1, 0.15) is 11.0 Å². The highest BCUT2D eigenvalue weighted by Crippen LogP contribution is 2.28. The molecular weight excluding hydrogens is 360 g/mol. The molecule has 8 nitrogen and oxygen atoms in total. The lowest BCUT2D eigenvalue weighted by Gasteiger charge is -2.14. The number of hydrogen-bond acceptors (Lipinski definition) is 6. The van der Waals surface area contributed by atoms with Crippen molar-refractivity contribution in [1.29, 1.82) is 0 Å². The number of rotatable bonds is 7. The van der Waals surface area contributed by atoms with E-state index in [9.17, 15) is 18.0 Å². The van der Waals surface area contributed by atoms with Gasteiger partial charge in [-0.3, -0.25) is 9.59 Å². The number of sulfone groups is 1. The van der Waals surface area contributed by atoms with Crippen molar-refractivity contribution in [2.24, 2.45) is 0 Å². The molecule has 9 heteroatoms. The molecule has 0 aliphatic heterocycles. The number of carbonyl (C=O) groups excluding carboxylic acids is 2. The van der Waals surface area contributed by atoms with Gasteiger partial charge < -0.3 is 19.8 Å². The smallest absolute Gasteiger partial charge is 0.291 e. The first-order valence-corrected chi connectivity index (χ1v) is 9.55. The van der Waals surface area contributed by atoms with Crippen LogP contribution in [0.5, 0.6) is 5.75 Å². The minimum absolute atomic E-state index is 0.115. The van der Waals surface area contributed by atoms with E-state index >= 15 is 0 Å². The van der Waals surface area contributed by atoms with Crippen molar-refractivity contribution in [3.63, 3.8) is 0 Å². The van der Waals surface area contributed by atoms with E-state index < -0.39 is 26.9 Å². The van der Waals surface area contributed by atoms with Crippen LogP contribution in [-0.2, 0) is 14.6 Å². The Bertz CT molecular complexity index is 890. The van der Waals surface area contributed by atoms with Gasteiger partial charge in [-0.15, -0.1) is 0 Å². The second-order valence-corrected chi connectivity index (χ2v) is 8.04. The molecule has 2 rings (SSSR count). The Morgan fingerprint density at radius 2 is 1.96 bits per heavy atom. The molecule has 1 atom stereocenters. The van der Waals surface area contributed by atoms with Gasteiger partial charge in [0.2, 0.25) is 5.91 Å². The van der Waals surface area contributed by atoms with Gasteiger partial charge >= 0.3 is 0 Å². The summed E-state index contributed by atoms with van der Waals surface area (Å²) in [5, 5.41) is 3.97. The van der Waals surface area contributed by atoms with Gasteiger partial charge in [0.15, 0.2) is 15.6 Å². The number of nitrogens with one attached hydrogen (secondary N) is 2. The summed E-state index contributed by atoms with van der Waals surface area (Å²) in [4.78, 5) is 24.3. The van der Waals surface area contributed by atoms with E-state index in [4.69, 9.17) is 9.15 Å². The van der Waals surface area contributed by atoms with Crippen molar-refractivity contribution in [2.75, 3.05) is 23.5 Å². The monoisotopic (exact) mass is 380 g/mol. The Kier molecular flexibility index (Phi) is 6.04. The van der Waals surface area contributed by atoms with Gasteiger partial charge in [-0.25, -0.2) is 8.42 Å². The average molecular weight is 380 g/mol. The SMILES string of the molecule is CCS(=O)(=O)[C@@H](C)C(=O)Nc1ccc(OC)c(NC(=O)c2ccco2)c1. The third-order valence-electron chi connectivity index (χ3n) is 3.77. The Balaban J connectivity index is 2.21. The zero-order chi connectivity index (χ0) is 19.3. The summed E-state index contributed by atoms with van der Waals surface area (Å²) < 4.78 is 33.9. The van der Waals surface area contributed by atoms with Crippen LogP contribution in [0.25, 0.3) is 0 Å². The summed E-state index contributed by atoms with van der Waals surface area (Å²) in [7, 11) is -2.07. The molecular formula is C17H20N2O6S. The minimum Gasteiger partial charge on any atom is -0.495 e. The maximum absolute atomic E-state index is 12.2. The van der Waals surface area contributed by atoms with Crippen molar-refractivity contribution in [3.05, 3.63) is 42.4 Å². The minimum atomic E-state index is -3.51. The number of methoxy groups -OCH3 is 1. The third kappa shape index (κ3) is 4.42. The van der Waals surface area contributed by atoms with Gasteiger partial charge in [-0.05, 0) is 37.3 Å². The Morgan fingerprint density at radius 3 is 2.54 bits per heavy atom. The molecule has 0 radical (unpaired) electrons. The van der Waals surface area contributed by atoms with E-state index in [0.717, 1.165) is 0 Å². The fraction of sp³-hybridized carbons (Fsp3) is 0.294. The molecule has 0 unspecified atom stereocenters. The number of benzene rings is 1. The summed E-state index contributed by atoms with van der Waals surface area (Å²) in [6.07, 6.45) is 1.37. The molecule has 0 spiro atoms. The first kappa shape index (κ1) is 19.5. The zero-order valence-electron chi connectivity index (χ0n) is 14.6. The fourth-order valence-electron chi connectivity index (χ4n) is 2.13. The van der Waals surface area contributed by atoms with Gasteiger partial charge in [0.05, 0.1) is 19.1 Å². The molecule has 1 aromatic heterocycles. The number of amides is 2. The van der Waals surface area contributed by atoms with Crippen LogP contribution < -0.4 is 15.4 Å². The van der Waals surface area contributed by atoms with Crippen molar-refractivity contribution < 1.29 is 27.2 Å². The number of furan rings is 1. The van der Waals surface area contributed by atoms with Crippen LogP contribution in [-0.4, -0.2) is 38.3 Å².